The van der Waals surface area contributed by atoms with Crippen LogP contribution in [0.3, 0.4) is 0 Å². The molecule has 0 aromatic heterocycles. The van der Waals surface area contributed by atoms with Crippen LogP contribution in [0.2, 0.25) is 0 Å². The van der Waals surface area contributed by atoms with Crippen LogP contribution in [0, 0.1) is 17.8 Å². The molecule has 1 fully saturated rings. The molecule has 1 amide bonds. The molecule has 0 saturated heterocycles. The normalized spacial score (nSPS) is 25.8. The Morgan fingerprint density at radius 1 is 1.06 bits per heavy atom. The summed E-state index contributed by atoms with van der Waals surface area (Å²) < 4.78 is 31.0. The van der Waals surface area contributed by atoms with E-state index in [0.717, 1.165) is 36.8 Å². The number of hydrogen-bond acceptors (Lipinski definition) is 11. The number of carbonyl (C=O) groups excluding carboxylic acids is 1. The van der Waals surface area contributed by atoms with Crippen LogP contribution in [0.15, 0.2) is 60.3 Å². The first-order chi connectivity index (χ1) is 24.4. The Labute approximate surface area is 296 Å². The van der Waals surface area contributed by atoms with Gasteiger partial charge in [0.1, 0.15) is 30.8 Å². The predicted octanol–water partition coefficient (Wildman–Crippen LogP) is 4.98. The third kappa shape index (κ3) is 8.89. The molecule has 0 bridgehead atoms. The highest BCUT2D eigenvalue weighted by Gasteiger charge is 2.65. The summed E-state index contributed by atoms with van der Waals surface area (Å²) >= 11 is 0. The summed E-state index contributed by atoms with van der Waals surface area (Å²) in [7, 11) is 1.34. The lowest BCUT2D eigenvalue weighted by Gasteiger charge is -2.59. The molecular formula is C38H56N2O10. The second-order valence-electron chi connectivity index (χ2n) is 12.8. The van der Waals surface area contributed by atoms with Crippen LogP contribution >= 0.6 is 0 Å². The fraction of sp³-hybridized carbons (Fsp3) is 0.632. The van der Waals surface area contributed by atoms with Gasteiger partial charge in [-0.25, -0.2) is 4.79 Å². The summed E-state index contributed by atoms with van der Waals surface area (Å²) in [5.74, 6) is -0.506. The molecule has 0 radical (unpaired) electrons. The van der Waals surface area contributed by atoms with Crippen molar-refractivity contribution in [3.63, 3.8) is 0 Å². The molecule has 6 atom stereocenters. The van der Waals surface area contributed by atoms with Gasteiger partial charge in [-0.05, 0) is 68.2 Å². The number of fused-ring (bicyclic) bond motifs is 2. The molecule has 0 unspecified atom stereocenters. The van der Waals surface area contributed by atoms with E-state index in [1.54, 1.807) is 17.1 Å². The number of aliphatic hydroxyl groups is 3. The lowest BCUT2D eigenvalue weighted by atomic mass is 9.55. The lowest BCUT2D eigenvalue weighted by molar-refractivity contribution is -0.255. The van der Waals surface area contributed by atoms with Gasteiger partial charge in [-0.2, -0.15) is 0 Å². The number of aliphatic hydroxyl groups excluding tert-OH is 3. The molecule has 3 N–H and O–H groups in total. The summed E-state index contributed by atoms with van der Waals surface area (Å²) in [5.41, 5.74) is 2.61. The highest BCUT2D eigenvalue weighted by molar-refractivity contribution is 6.02. The first-order valence-electron chi connectivity index (χ1n) is 17.9. The van der Waals surface area contributed by atoms with E-state index in [2.05, 4.69) is 24.4 Å². The Balaban J connectivity index is 2.01. The number of amides is 1. The number of rotatable bonds is 22. The number of hydrogen-bond donors (Lipinski definition) is 3. The highest BCUT2D eigenvalue weighted by Crippen LogP contribution is 2.61. The van der Waals surface area contributed by atoms with Gasteiger partial charge in [0.25, 0.3) is 0 Å². The van der Waals surface area contributed by atoms with Crippen LogP contribution in [0.1, 0.15) is 63.4 Å². The van der Waals surface area contributed by atoms with Crippen LogP contribution in [-0.4, -0.2) is 110 Å². The zero-order valence-corrected chi connectivity index (χ0v) is 29.7. The van der Waals surface area contributed by atoms with Crippen LogP contribution in [0.25, 0.3) is 0 Å². The summed E-state index contributed by atoms with van der Waals surface area (Å²) in [6, 6.07) is 5.08. The van der Waals surface area contributed by atoms with Gasteiger partial charge in [-0.1, -0.05) is 42.8 Å². The molecule has 3 aliphatic rings. The average molecular weight is 701 g/mol. The Morgan fingerprint density at radius 3 is 2.50 bits per heavy atom. The topological polar surface area (TPSA) is 149 Å². The molecular weight excluding hydrogens is 644 g/mol. The second kappa shape index (κ2) is 19.8. The molecule has 0 spiro atoms. The quantitative estimate of drug-likeness (QED) is 0.0859. The van der Waals surface area contributed by atoms with Gasteiger partial charge < -0.3 is 43.8 Å². The molecule has 278 valence electrons. The summed E-state index contributed by atoms with van der Waals surface area (Å²) in [6.07, 6.45) is 10.0. The molecule has 1 saturated carbocycles. The minimum Gasteiger partial charge on any atom is -0.490 e. The van der Waals surface area contributed by atoms with E-state index in [4.69, 9.17) is 28.5 Å². The molecule has 1 aromatic rings. The van der Waals surface area contributed by atoms with E-state index in [1.807, 2.05) is 25.1 Å². The summed E-state index contributed by atoms with van der Waals surface area (Å²) in [4.78, 5) is 21.0. The molecule has 12 nitrogen and oxygen atoms in total. The number of ether oxygens (including phenoxy) is 5. The van der Waals surface area contributed by atoms with Gasteiger partial charge in [0.15, 0.2) is 0 Å². The summed E-state index contributed by atoms with van der Waals surface area (Å²) in [5, 5.41) is 33.5. The third-order valence-corrected chi connectivity index (χ3v) is 9.81. The number of unbranched alkanes of at least 4 members (excludes halogenated alkanes) is 2. The van der Waals surface area contributed by atoms with E-state index < -0.39 is 23.8 Å². The fourth-order valence-corrected chi connectivity index (χ4v) is 7.86. The second-order valence-corrected chi connectivity index (χ2v) is 12.8. The van der Waals surface area contributed by atoms with Crippen molar-refractivity contribution in [3.8, 4) is 11.5 Å². The Morgan fingerprint density at radius 2 is 1.82 bits per heavy atom. The number of allylic oxidation sites excluding steroid dienone is 1. The molecule has 1 aromatic carbocycles. The average Bonchev–Trinajstić information content (AvgIpc) is 3.13. The van der Waals surface area contributed by atoms with E-state index in [1.165, 1.54) is 7.11 Å². The maximum absolute atomic E-state index is 13.7. The standard InChI is InChI=1S/C38H56N2O10/c1-5-20-47-28-14-15-33-31(25-28)35-29(13-9-11-18-42)27(12-8-10-17-41)24-30-32(39-49-7-3)26-34(38(50-33,36(30)35)48-21-6-2)40(37(44)45-4)16-22-46-23-19-43/h5-6,14-15,24-25,27,29,34-36,41-43H,1-2,7-13,16-23,26H2,3-4H3/t27-,29+,34-,35+,36+,38+/m0/s1. The molecule has 4 rings (SSSR count). The van der Waals surface area contributed by atoms with Crippen molar-refractivity contribution in [1.29, 1.82) is 0 Å². The van der Waals surface area contributed by atoms with Crippen LogP contribution in [0.5, 0.6) is 11.5 Å². The predicted molar refractivity (Wildman–Crippen MR) is 189 cm³/mol. The van der Waals surface area contributed by atoms with Gasteiger partial charge >= 0.3 is 6.09 Å². The fourth-order valence-electron chi connectivity index (χ4n) is 7.86. The van der Waals surface area contributed by atoms with Crippen molar-refractivity contribution in [2.75, 3.05) is 66.5 Å². The zero-order valence-electron chi connectivity index (χ0n) is 29.7. The minimum atomic E-state index is -1.40. The van der Waals surface area contributed by atoms with Crippen LogP contribution in [0.4, 0.5) is 4.79 Å². The maximum Gasteiger partial charge on any atom is 0.410 e. The molecule has 1 aliphatic heterocycles. The first kappa shape index (κ1) is 39.4. The third-order valence-electron chi connectivity index (χ3n) is 9.81. The maximum atomic E-state index is 13.7. The molecule has 50 heavy (non-hydrogen) atoms. The molecule has 1 heterocycles. The summed E-state index contributed by atoms with van der Waals surface area (Å²) in [6.45, 7) is 11.0. The van der Waals surface area contributed by atoms with Gasteiger partial charge in [0.05, 0.1) is 45.2 Å². The SMILES string of the molecule is C=CCOc1ccc2c(c1)[C@H]1[C@H](CCCCO)[C@@H](CCCCO)C=C3C(=NOCC)C[C@H](N(CCOCCO)C(=O)OC)[C@@](OCC=C)(O2)[C@H]31. The minimum absolute atomic E-state index is 0.0876. The van der Waals surface area contributed by atoms with E-state index in [9.17, 15) is 20.1 Å². The molecule has 12 heteroatoms. The van der Waals surface area contributed by atoms with Gasteiger partial charge in [0, 0.05) is 37.7 Å². The number of carbonyl (C=O) groups is 1. The van der Waals surface area contributed by atoms with Crippen molar-refractivity contribution in [2.24, 2.45) is 22.9 Å². The number of methoxy groups -OCH3 is 1. The number of benzene rings is 1. The number of nitrogens with zero attached hydrogens (tertiary/aromatic N) is 2. The van der Waals surface area contributed by atoms with Crippen molar-refractivity contribution in [1.82, 2.24) is 4.90 Å². The van der Waals surface area contributed by atoms with Gasteiger partial charge in [-0.15, -0.1) is 6.58 Å². The van der Waals surface area contributed by atoms with Crippen LogP contribution in [-0.2, 0) is 19.0 Å². The Hall–Kier alpha value is -3.42. The van der Waals surface area contributed by atoms with E-state index in [-0.39, 0.29) is 70.4 Å². The van der Waals surface area contributed by atoms with Crippen molar-refractivity contribution in [3.05, 3.63) is 60.7 Å². The van der Waals surface area contributed by atoms with Crippen LogP contribution < -0.4 is 9.47 Å². The van der Waals surface area contributed by atoms with Crippen molar-refractivity contribution >= 4 is 11.8 Å². The van der Waals surface area contributed by atoms with E-state index in [0.29, 0.717) is 43.3 Å². The lowest BCUT2D eigenvalue weighted by Crippen LogP contribution is -2.70. The molecule has 2 aliphatic carbocycles. The van der Waals surface area contributed by atoms with Gasteiger partial charge in [-0.3, -0.25) is 4.90 Å². The smallest absolute Gasteiger partial charge is 0.410 e. The highest BCUT2D eigenvalue weighted by atomic mass is 16.7. The monoisotopic (exact) mass is 700 g/mol. The van der Waals surface area contributed by atoms with Crippen molar-refractivity contribution < 1.29 is 48.6 Å². The zero-order chi connectivity index (χ0) is 35.9. The Bertz CT molecular complexity index is 1320. The van der Waals surface area contributed by atoms with E-state index >= 15 is 0 Å². The number of oxime groups is 1. The van der Waals surface area contributed by atoms with Gasteiger partial charge in [0.2, 0.25) is 5.79 Å². The first-order valence-corrected chi connectivity index (χ1v) is 17.9. The van der Waals surface area contributed by atoms with Crippen molar-refractivity contribution in [2.45, 2.75) is 69.6 Å². The largest absolute Gasteiger partial charge is 0.490 e. The Kier molecular flexibility index (Phi) is 15.6.